The van der Waals surface area contributed by atoms with Crippen molar-refractivity contribution in [1.29, 1.82) is 0 Å². The van der Waals surface area contributed by atoms with E-state index >= 15 is 0 Å². The monoisotopic (exact) mass is 397 g/mol. The third-order valence-electron chi connectivity index (χ3n) is 5.03. The number of rotatable bonds is 8. The molecule has 0 saturated carbocycles. The van der Waals surface area contributed by atoms with Gasteiger partial charge in [0, 0.05) is 6.54 Å². The lowest BCUT2D eigenvalue weighted by Gasteiger charge is -2.23. The van der Waals surface area contributed by atoms with Gasteiger partial charge in [-0.25, -0.2) is 0 Å². The highest BCUT2D eigenvalue weighted by atomic mass is 16.6. The van der Waals surface area contributed by atoms with Crippen LogP contribution in [-0.2, 0) is 19.1 Å². The fourth-order valence-corrected chi connectivity index (χ4v) is 3.43. The first-order valence-corrected chi connectivity index (χ1v) is 10.00. The quantitative estimate of drug-likeness (QED) is 0.526. The number of ether oxygens (including phenoxy) is 2. The lowest BCUT2D eigenvalue weighted by molar-refractivity contribution is -0.161. The third kappa shape index (κ3) is 5.22. The Morgan fingerprint density at radius 3 is 2.17 bits per heavy atom. The lowest BCUT2D eigenvalue weighted by Crippen LogP contribution is -2.43. The number of esters is 2. The maximum atomic E-state index is 13.0. The van der Waals surface area contributed by atoms with Crippen LogP contribution in [0.15, 0.2) is 60.7 Å². The van der Waals surface area contributed by atoms with Gasteiger partial charge < -0.3 is 19.9 Å². The zero-order valence-electron chi connectivity index (χ0n) is 16.5. The van der Waals surface area contributed by atoms with Crippen LogP contribution in [0.5, 0.6) is 0 Å². The normalized spacial score (nSPS) is 21.1. The second kappa shape index (κ2) is 10.2. The molecule has 2 aromatic rings. The predicted octanol–water partition coefficient (Wildman–Crippen LogP) is 2.61. The number of carbonyl (C=O) groups is 2. The molecule has 6 nitrogen and oxygen atoms in total. The van der Waals surface area contributed by atoms with Gasteiger partial charge in [-0.05, 0) is 17.5 Å². The maximum Gasteiger partial charge on any atom is 0.325 e. The maximum absolute atomic E-state index is 13.0. The number of carbonyl (C=O) groups excluding carboxylic acids is 2. The average Bonchev–Trinajstić information content (AvgIpc) is 3.15. The minimum Gasteiger partial charge on any atom is -0.465 e. The average molecular weight is 397 g/mol. The predicted molar refractivity (Wildman–Crippen MR) is 108 cm³/mol. The van der Waals surface area contributed by atoms with Gasteiger partial charge >= 0.3 is 11.9 Å². The highest BCUT2D eigenvalue weighted by Crippen LogP contribution is 2.28. The van der Waals surface area contributed by atoms with E-state index in [0.717, 1.165) is 24.0 Å². The van der Waals surface area contributed by atoms with Crippen LogP contribution in [0.2, 0.25) is 0 Å². The minimum absolute atomic E-state index is 0.134. The molecule has 1 aliphatic heterocycles. The van der Waals surface area contributed by atoms with E-state index in [-0.39, 0.29) is 13.2 Å². The first kappa shape index (κ1) is 21.0. The van der Waals surface area contributed by atoms with Crippen LogP contribution in [0.1, 0.15) is 37.0 Å². The molecule has 0 aliphatic carbocycles. The molecule has 0 amide bonds. The van der Waals surface area contributed by atoms with E-state index in [1.165, 1.54) is 0 Å². The fourth-order valence-electron chi connectivity index (χ4n) is 3.43. The molecule has 154 valence electrons. The summed E-state index contributed by atoms with van der Waals surface area (Å²) in [5, 5.41) is 13.1. The molecule has 1 heterocycles. The van der Waals surface area contributed by atoms with E-state index in [1.54, 1.807) is 0 Å². The van der Waals surface area contributed by atoms with Gasteiger partial charge in [0.05, 0.1) is 12.7 Å². The first-order valence-electron chi connectivity index (χ1n) is 10.00. The van der Waals surface area contributed by atoms with Gasteiger partial charge in [-0.15, -0.1) is 0 Å². The molecular weight excluding hydrogens is 370 g/mol. The number of nitrogens with one attached hydrogen (secondary N) is 1. The summed E-state index contributed by atoms with van der Waals surface area (Å²) >= 11 is 0. The van der Waals surface area contributed by atoms with E-state index in [9.17, 15) is 14.7 Å². The van der Waals surface area contributed by atoms with Crippen LogP contribution >= 0.6 is 0 Å². The van der Waals surface area contributed by atoms with Crippen molar-refractivity contribution in [3.8, 4) is 0 Å². The van der Waals surface area contributed by atoms with Gasteiger partial charge in [-0.3, -0.25) is 9.59 Å². The summed E-state index contributed by atoms with van der Waals surface area (Å²) < 4.78 is 11.1. The molecule has 0 radical (unpaired) electrons. The lowest BCUT2D eigenvalue weighted by atomic mass is 9.97. The molecule has 2 aromatic carbocycles. The van der Waals surface area contributed by atoms with Crippen molar-refractivity contribution in [3.05, 3.63) is 71.8 Å². The molecule has 1 saturated heterocycles. The topological polar surface area (TPSA) is 84.9 Å². The first-order chi connectivity index (χ1) is 14.1. The summed E-state index contributed by atoms with van der Waals surface area (Å²) in [6.45, 7) is 2.40. The second-order valence-electron chi connectivity index (χ2n) is 7.14. The number of aliphatic hydroxyl groups excluding tert-OH is 1. The number of unbranched alkanes of at least 4 members (excludes halogenated alkanes) is 1. The van der Waals surface area contributed by atoms with Gasteiger partial charge in [0.15, 0.2) is 6.10 Å². The fraction of sp³-hybridized carbons (Fsp3) is 0.391. The molecule has 3 atom stereocenters. The van der Waals surface area contributed by atoms with E-state index < -0.39 is 36.1 Å². The van der Waals surface area contributed by atoms with Crippen LogP contribution in [0, 0.1) is 5.92 Å². The Morgan fingerprint density at radius 1 is 1.03 bits per heavy atom. The van der Waals surface area contributed by atoms with Crippen molar-refractivity contribution >= 4 is 11.9 Å². The van der Waals surface area contributed by atoms with E-state index in [4.69, 9.17) is 9.47 Å². The Hall–Kier alpha value is -2.70. The van der Waals surface area contributed by atoms with Crippen molar-refractivity contribution in [2.75, 3.05) is 13.2 Å². The molecule has 2 N–H and O–H groups in total. The summed E-state index contributed by atoms with van der Waals surface area (Å²) in [6.07, 6.45) is 0.0242. The van der Waals surface area contributed by atoms with E-state index in [2.05, 4.69) is 5.32 Å². The summed E-state index contributed by atoms with van der Waals surface area (Å²) in [5.74, 6) is -2.14. The molecule has 1 aliphatic rings. The standard InChI is InChI=1S/C23H27NO5/c1-2-3-14-28-22(26)19-18(25)15-24-20(19)23(27)29-21(16-10-6-4-7-11-16)17-12-8-5-9-13-17/h4-13,18-21,24-25H,2-3,14-15H2,1H3/t18?,19?,20-/m1/s1. The highest BCUT2D eigenvalue weighted by Gasteiger charge is 2.46. The zero-order chi connectivity index (χ0) is 20.6. The van der Waals surface area contributed by atoms with Crippen molar-refractivity contribution in [2.24, 2.45) is 5.92 Å². The van der Waals surface area contributed by atoms with E-state index in [1.807, 2.05) is 67.6 Å². The van der Waals surface area contributed by atoms with Gasteiger partial charge in [-0.1, -0.05) is 74.0 Å². The van der Waals surface area contributed by atoms with Crippen molar-refractivity contribution in [1.82, 2.24) is 5.32 Å². The van der Waals surface area contributed by atoms with Crippen LogP contribution in [-0.4, -0.2) is 42.3 Å². The minimum atomic E-state index is -0.992. The van der Waals surface area contributed by atoms with Gasteiger partial charge in [0.1, 0.15) is 12.0 Å². The summed E-state index contributed by atoms with van der Waals surface area (Å²) in [7, 11) is 0. The molecule has 0 aromatic heterocycles. The Labute approximate surface area is 170 Å². The largest absolute Gasteiger partial charge is 0.465 e. The van der Waals surface area contributed by atoms with Crippen molar-refractivity contribution in [3.63, 3.8) is 0 Å². The molecule has 1 fully saturated rings. The van der Waals surface area contributed by atoms with Crippen LogP contribution < -0.4 is 5.32 Å². The van der Waals surface area contributed by atoms with Crippen LogP contribution in [0.4, 0.5) is 0 Å². The summed E-state index contributed by atoms with van der Waals surface area (Å²) in [4.78, 5) is 25.4. The van der Waals surface area contributed by atoms with E-state index in [0.29, 0.717) is 0 Å². The Bertz CT molecular complexity index is 756. The number of aliphatic hydroxyl groups is 1. The Balaban J connectivity index is 1.77. The SMILES string of the molecule is CCCCOC(=O)C1C(O)CN[C@H]1C(=O)OC(c1ccccc1)c1ccccc1. The molecule has 3 rings (SSSR count). The second-order valence-corrected chi connectivity index (χ2v) is 7.14. The number of hydrogen-bond acceptors (Lipinski definition) is 6. The molecular formula is C23H27NO5. The smallest absolute Gasteiger partial charge is 0.325 e. The Kier molecular flexibility index (Phi) is 7.38. The van der Waals surface area contributed by atoms with Gasteiger partial charge in [0.25, 0.3) is 0 Å². The molecule has 29 heavy (non-hydrogen) atoms. The van der Waals surface area contributed by atoms with Crippen molar-refractivity contribution < 1.29 is 24.2 Å². The molecule has 2 unspecified atom stereocenters. The summed E-state index contributed by atoms with van der Waals surface area (Å²) in [6, 6.07) is 17.9. The van der Waals surface area contributed by atoms with Crippen molar-refractivity contribution in [2.45, 2.75) is 38.0 Å². The Morgan fingerprint density at radius 2 is 1.62 bits per heavy atom. The highest BCUT2D eigenvalue weighted by molar-refractivity contribution is 5.86. The van der Waals surface area contributed by atoms with Crippen LogP contribution in [0.3, 0.4) is 0 Å². The molecule has 0 spiro atoms. The molecule has 0 bridgehead atoms. The van der Waals surface area contributed by atoms with Crippen LogP contribution in [0.25, 0.3) is 0 Å². The number of β-amino-alcohol motifs (C(OH)–C–C–N with tert-alkyl or cyclic N) is 1. The summed E-state index contributed by atoms with van der Waals surface area (Å²) in [5.41, 5.74) is 1.65. The number of benzene rings is 2. The van der Waals surface area contributed by atoms with Gasteiger partial charge in [0.2, 0.25) is 0 Å². The zero-order valence-corrected chi connectivity index (χ0v) is 16.5. The molecule has 6 heteroatoms. The van der Waals surface area contributed by atoms with Gasteiger partial charge in [-0.2, -0.15) is 0 Å². The third-order valence-corrected chi connectivity index (χ3v) is 5.03. The number of hydrogen-bond donors (Lipinski definition) is 2.